The Hall–Kier alpha value is -0.570. The molecule has 1 atom stereocenters. The van der Waals surface area contributed by atoms with E-state index >= 15 is 0 Å². The van der Waals surface area contributed by atoms with E-state index in [2.05, 4.69) is 12.2 Å². The second-order valence-electron chi connectivity index (χ2n) is 4.75. The highest BCUT2D eigenvalue weighted by molar-refractivity contribution is 5.75. The first-order valence-corrected chi connectivity index (χ1v) is 5.89. The predicted octanol–water partition coefficient (Wildman–Crippen LogP) is 2.09. The number of carbonyl (C=O) groups excluding carboxylic acids is 1. The summed E-state index contributed by atoms with van der Waals surface area (Å²) in [5.41, 5.74) is -0.805. The van der Waals surface area contributed by atoms with Crippen molar-refractivity contribution in [3.8, 4) is 0 Å². The molecule has 1 unspecified atom stereocenters. The summed E-state index contributed by atoms with van der Waals surface area (Å²) in [5, 5.41) is 12.7. The first-order chi connectivity index (χ1) is 6.90. The Balaban J connectivity index is 3.71. The molecule has 0 aliphatic carbocycles. The largest absolute Gasteiger partial charge is 0.388 e. The van der Waals surface area contributed by atoms with Gasteiger partial charge in [-0.15, -0.1) is 0 Å². The van der Waals surface area contributed by atoms with Gasteiger partial charge in [0.25, 0.3) is 0 Å². The third-order valence-electron chi connectivity index (χ3n) is 2.89. The fourth-order valence-electron chi connectivity index (χ4n) is 1.11. The number of aliphatic hydroxyl groups is 1. The summed E-state index contributed by atoms with van der Waals surface area (Å²) in [5.74, 6) is 0.192. The van der Waals surface area contributed by atoms with Crippen molar-refractivity contribution in [2.45, 2.75) is 59.0 Å². The number of hydrogen-bond donors (Lipinski definition) is 2. The molecule has 0 aromatic heterocycles. The average molecular weight is 215 g/mol. The first-order valence-electron chi connectivity index (χ1n) is 5.89. The normalized spacial score (nSPS) is 15.1. The van der Waals surface area contributed by atoms with E-state index in [0.29, 0.717) is 13.0 Å². The number of nitrogens with one attached hydrogen (secondary N) is 1. The predicted molar refractivity (Wildman–Crippen MR) is 62.6 cm³/mol. The van der Waals surface area contributed by atoms with Crippen LogP contribution >= 0.6 is 0 Å². The van der Waals surface area contributed by atoms with Gasteiger partial charge < -0.3 is 10.4 Å². The van der Waals surface area contributed by atoms with E-state index in [1.54, 1.807) is 6.92 Å². The maximum Gasteiger partial charge on any atom is 0.220 e. The molecular formula is C12H25NO2. The van der Waals surface area contributed by atoms with Crippen molar-refractivity contribution in [3.63, 3.8) is 0 Å². The second-order valence-corrected chi connectivity index (χ2v) is 4.75. The molecule has 0 saturated heterocycles. The molecule has 1 amide bonds. The van der Waals surface area contributed by atoms with Crippen LogP contribution in [-0.4, -0.2) is 23.2 Å². The zero-order valence-corrected chi connectivity index (χ0v) is 10.5. The lowest BCUT2D eigenvalue weighted by molar-refractivity contribution is -0.122. The molecule has 0 aromatic carbocycles. The number of unbranched alkanes of at least 4 members (excludes halogenated alkanes) is 2. The van der Waals surface area contributed by atoms with Gasteiger partial charge in [-0.2, -0.15) is 0 Å². The lowest BCUT2D eigenvalue weighted by atomic mass is 9.92. The van der Waals surface area contributed by atoms with E-state index in [1.807, 2.05) is 13.8 Å². The van der Waals surface area contributed by atoms with Crippen LogP contribution in [0.4, 0.5) is 0 Å². The lowest BCUT2D eigenvalue weighted by Crippen LogP contribution is -2.44. The Bertz CT molecular complexity index is 188. The molecule has 0 aliphatic heterocycles. The number of rotatable bonds is 7. The Morgan fingerprint density at radius 2 is 2.00 bits per heavy atom. The van der Waals surface area contributed by atoms with Crippen LogP contribution in [0.2, 0.25) is 0 Å². The molecule has 0 aromatic rings. The van der Waals surface area contributed by atoms with Gasteiger partial charge in [-0.3, -0.25) is 4.79 Å². The third kappa shape index (κ3) is 6.50. The summed E-state index contributed by atoms with van der Waals surface area (Å²) in [6.45, 7) is 8.10. The van der Waals surface area contributed by atoms with E-state index < -0.39 is 5.60 Å². The molecule has 90 valence electrons. The highest BCUT2D eigenvalue weighted by Crippen LogP contribution is 2.14. The fourth-order valence-corrected chi connectivity index (χ4v) is 1.11. The standard InChI is InChI=1S/C12H25NO2/c1-5-6-7-8-11(14)13-9-12(4,15)10(2)3/h10,15H,5-9H2,1-4H3,(H,13,14). The minimum atomic E-state index is -0.805. The second kappa shape index (κ2) is 6.83. The van der Waals surface area contributed by atoms with Gasteiger partial charge in [0.2, 0.25) is 5.91 Å². The quantitative estimate of drug-likeness (QED) is 0.639. The Morgan fingerprint density at radius 3 is 2.47 bits per heavy atom. The SMILES string of the molecule is CCCCCC(=O)NCC(C)(O)C(C)C. The summed E-state index contributed by atoms with van der Waals surface area (Å²) in [7, 11) is 0. The maximum atomic E-state index is 11.4. The van der Waals surface area contributed by atoms with Gasteiger partial charge in [0.15, 0.2) is 0 Å². The number of hydrogen-bond acceptors (Lipinski definition) is 2. The van der Waals surface area contributed by atoms with E-state index in [4.69, 9.17) is 0 Å². The van der Waals surface area contributed by atoms with Gasteiger partial charge in [-0.1, -0.05) is 33.6 Å². The molecule has 0 fully saturated rings. The summed E-state index contributed by atoms with van der Waals surface area (Å²) in [6, 6.07) is 0. The summed E-state index contributed by atoms with van der Waals surface area (Å²) < 4.78 is 0. The highest BCUT2D eigenvalue weighted by atomic mass is 16.3. The Labute approximate surface area is 93.3 Å². The molecule has 3 nitrogen and oxygen atoms in total. The molecule has 3 heteroatoms. The minimum Gasteiger partial charge on any atom is -0.388 e. The van der Waals surface area contributed by atoms with Crippen molar-refractivity contribution in [1.29, 1.82) is 0 Å². The van der Waals surface area contributed by atoms with Crippen LogP contribution in [0.3, 0.4) is 0 Å². The van der Waals surface area contributed by atoms with Crippen molar-refractivity contribution in [1.82, 2.24) is 5.32 Å². The molecule has 0 bridgehead atoms. The molecule has 0 rings (SSSR count). The van der Waals surface area contributed by atoms with Crippen molar-refractivity contribution in [2.24, 2.45) is 5.92 Å². The van der Waals surface area contributed by atoms with E-state index in [-0.39, 0.29) is 11.8 Å². The zero-order chi connectivity index (χ0) is 11.9. The van der Waals surface area contributed by atoms with Crippen LogP contribution in [0.15, 0.2) is 0 Å². The molecule has 0 spiro atoms. The van der Waals surface area contributed by atoms with Crippen LogP contribution in [0.1, 0.15) is 53.4 Å². The zero-order valence-electron chi connectivity index (χ0n) is 10.5. The molecular weight excluding hydrogens is 190 g/mol. The molecule has 0 heterocycles. The summed E-state index contributed by atoms with van der Waals surface area (Å²) in [4.78, 5) is 11.4. The van der Waals surface area contributed by atoms with Crippen LogP contribution in [0.25, 0.3) is 0 Å². The number of carbonyl (C=O) groups is 1. The molecule has 0 radical (unpaired) electrons. The van der Waals surface area contributed by atoms with E-state index in [9.17, 15) is 9.90 Å². The Kier molecular flexibility index (Phi) is 6.57. The van der Waals surface area contributed by atoms with Crippen LogP contribution in [0.5, 0.6) is 0 Å². The van der Waals surface area contributed by atoms with Crippen molar-refractivity contribution in [3.05, 3.63) is 0 Å². The molecule has 2 N–H and O–H groups in total. The van der Waals surface area contributed by atoms with Gasteiger partial charge in [0, 0.05) is 13.0 Å². The minimum absolute atomic E-state index is 0.0457. The number of amides is 1. The van der Waals surface area contributed by atoms with Crippen LogP contribution in [0, 0.1) is 5.92 Å². The molecule has 0 aliphatic rings. The van der Waals surface area contributed by atoms with Crippen molar-refractivity contribution < 1.29 is 9.90 Å². The van der Waals surface area contributed by atoms with Gasteiger partial charge in [0.1, 0.15) is 0 Å². The van der Waals surface area contributed by atoms with Gasteiger partial charge in [0.05, 0.1) is 5.60 Å². The third-order valence-corrected chi connectivity index (χ3v) is 2.89. The van der Waals surface area contributed by atoms with Crippen molar-refractivity contribution >= 4 is 5.91 Å². The summed E-state index contributed by atoms with van der Waals surface area (Å²) >= 11 is 0. The van der Waals surface area contributed by atoms with Gasteiger partial charge in [-0.25, -0.2) is 0 Å². The maximum absolute atomic E-state index is 11.4. The summed E-state index contributed by atoms with van der Waals surface area (Å²) in [6.07, 6.45) is 3.72. The van der Waals surface area contributed by atoms with Crippen molar-refractivity contribution in [2.75, 3.05) is 6.54 Å². The first kappa shape index (κ1) is 14.4. The van der Waals surface area contributed by atoms with Gasteiger partial charge >= 0.3 is 0 Å². The molecule has 15 heavy (non-hydrogen) atoms. The highest BCUT2D eigenvalue weighted by Gasteiger charge is 2.24. The van der Waals surface area contributed by atoms with Gasteiger partial charge in [-0.05, 0) is 19.3 Å². The van der Waals surface area contributed by atoms with E-state index in [1.165, 1.54) is 0 Å². The van der Waals surface area contributed by atoms with Crippen LogP contribution < -0.4 is 5.32 Å². The average Bonchev–Trinajstić information content (AvgIpc) is 2.15. The topological polar surface area (TPSA) is 49.3 Å². The lowest BCUT2D eigenvalue weighted by Gasteiger charge is -2.27. The fraction of sp³-hybridized carbons (Fsp3) is 0.917. The van der Waals surface area contributed by atoms with Crippen LogP contribution in [-0.2, 0) is 4.79 Å². The van der Waals surface area contributed by atoms with E-state index in [0.717, 1.165) is 19.3 Å². The Morgan fingerprint density at radius 1 is 1.40 bits per heavy atom. The molecule has 0 saturated carbocycles. The monoisotopic (exact) mass is 215 g/mol. The smallest absolute Gasteiger partial charge is 0.220 e.